The Hall–Kier alpha value is -1.91. The number of rotatable bonds is 7. The van der Waals surface area contributed by atoms with Crippen LogP contribution in [0.25, 0.3) is 0 Å². The molecule has 0 saturated heterocycles. The first-order valence-electron chi connectivity index (χ1n) is 7.08. The second kappa shape index (κ2) is 8.39. The highest BCUT2D eigenvalue weighted by atomic mass is 19.1. The smallest absolute Gasteiger partial charge is 0.310 e. The van der Waals surface area contributed by atoms with E-state index in [0.717, 1.165) is 5.56 Å². The van der Waals surface area contributed by atoms with Gasteiger partial charge in [-0.1, -0.05) is 26.0 Å². The fourth-order valence-electron chi connectivity index (χ4n) is 2.06. The third-order valence-corrected chi connectivity index (χ3v) is 3.34. The molecule has 4 nitrogen and oxygen atoms in total. The Morgan fingerprint density at radius 3 is 2.43 bits per heavy atom. The van der Waals surface area contributed by atoms with Gasteiger partial charge in [-0.05, 0) is 24.1 Å². The number of hydrogen-bond acceptors (Lipinski definition) is 3. The normalized spacial score (nSPS) is 11.8. The van der Waals surface area contributed by atoms with Crippen LogP contribution < -0.4 is 0 Å². The maximum Gasteiger partial charge on any atom is 0.310 e. The van der Waals surface area contributed by atoms with Gasteiger partial charge in [-0.15, -0.1) is 0 Å². The van der Waals surface area contributed by atoms with Crippen molar-refractivity contribution in [3.63, 3.8) is 0 Å². The van der Waals surface area contributed by atoms with Crippen molar-refractivity contribution in [1.82, 2.24) is 4.90 Å². The zero-order valence-electron chi connectivity index (χ0n) is 12.8. The van der Waals surface area contributed by atoms with Gasteiger partial charge in [-0.3, -0.25) is 9.59 Å². The molecule has 1 aromatic carbocycles. The summed E-state index contributed by atoms with van der Waals surface area (Å²) in [5.74, 6) is -0.975. The molecule has 1 aromatic rings. The Morgan fingerprint density at radius 2 is 1.90 bits per heavy atom. The van der Waals surface area contributed by atoms with Gasteiger partial charge in [0.1, 0.15) is 5.82 Å². The van der Waals surface area contributed by atoms with Crippen molar-refractivity contribution in [1.29, 1.82) is 0 Å². The van der Waals surface area contributed by atoms with E-state index in [1.165, 1.54) is 19.2 Å². The van der Waals surface area contributed by atoms with Crippen molar-refractivity contribution in [2.75, 3.05) is 20.2 Å². The monoisotopic (exact) mass is 295 g/mol. The fraction of sp³-hybridized carbons (Fsp3) is 0.500. The topological polar surface area (TPSA) is 46.6 Å². The minimum Gasteiger partial charge on any atom is -0.469 e. The minimum atomic E-state index is -0.362. The number of carbonyl (C=O) groups excluding carboxylic acids is 2. The highest BCUT2D eigenvalue weighted by Crippen LogP contribution is 2.08. The summed E-state index contributed by atoms with van der Waals surface area (Å²) in [4.78, 5) is 25.1. The van der Waals surface area contributed by atoms with Crippen LogP contribution in [0.2, 0.25) is 0 Å². The van der Waals surface area contributed by atoms with Crippen molar-refractivity contribution in [2.45, 2.75) is 26.7 Å². The molecule has 1 rings (SSSR count). The molecule has 0 heterocycles. The third-order valence-electron chi connectivity index (χ3n) is 3.34. The van der Waals surface area contributed by atoms with Crippen molar-refractivity contribution in [2.24, 2.45) is 5.92 Å². The Balaban J connectivity index is 2.63. The van der Waals surface area contributed by atoms with Gasteiger partial charge in [-0.25, -0.2) is 4.39 Å². The van der Waals surface area contributed by atoms with Crippen LogP contribution in [0, 0.1) is 11.7 Å². The van der Waals surface area contributed by atoms with E-state index in [1.54, 1.807) is 30.9 Å². The number of halogens is 1. The SMILES string of the molecule is CCC(=O)N(CCc1ccc(F)cc1)CC(C)C(=O)OC. The lowest BCUT2D eigenvalue weighted by molar-refractivity contribution is -0.146. The van der Waals surface area contributed by atoms with Gasteiger partial charge >= 0.3 is 5.97 Å². The van der Waals surface area contributed by atoms with Crippen LogP contribution in [-0.2, 0) is 20.7 Å². The molecule has 116 valence electrons. The number of esters is 1. The molecule has 0 spiro atoms. The van der Waals surface area contributed by atoms with Crippen LogP contribution in [0.15, 0.2) is 24.3 Å². The van der Waals surface area contributed by atoms with E-state index >= 15 is 0 Å². The van der Waals surface area contributed by atoms with Gasteiger partial charge in [0.25, 0.3) is 0 Å². The molecule has 0 N–H and O–H groups in total. The van der Waals surface area contributed by atoms with Crippen LogP contribution >= 0.6 is 0 Å². The summed E-state index contributed by atoms with van der Waals surface area (Å²) in [6.07, 6.45) is 1.01. The van der Waals surface area contributed by atoms with Crippen LogP contribution in [0.4, 0.5) is 4.39 Å². The van der Waals surface area contributed by atoms with Gasteiger partial charge in [0.15, 0.2) is 0 Å². The third kappa shape index (κ3) is 5.53. The summed E-state index contributed by atoms with van der Waals surface area (Å²) in [5.41, 5.74) is 0.955. The molecule has 0 bridgehead atoms. The maximum absolute atomic E-state index is 12.9. The quantitative estimate of drug-likeness (QED) is 0.726. The highest BCUT2D eigenvalue weighted by molar-refractivity contribution is 5.77. The second-order valence-electron chi connectivity index (χ2n) is 4.99. The zero-order chi connectivity index (χ0) is 15.8. The molecule has 0 aliphatic rings. The summed E-state index contributed by atoms with van der Waals surface area (Å²) in [5, 5.41) is 0. The van der Waals surface area contributed by atoms with Gasteiger partial charge in [0.05, 0.1) is 13.0 Å². The molecular formula is C16H22FNO3. The van der Waals surface area contributed by atoms with Crippen LogP contribution in [0.1, 0.15) is 25.8 Å². The Labute approximate surface area is 124 Å². The predicted octanol–water partition coefficient (Wildman–Crippen LogP) is 2.42. The van der Waals surface area contributed by atoms with E-state index in [2.05, 4.69) is 4.74 Å². The first-order chi connectivity index (χ1) is 9.97. The standard InChI is InChI=1S/C16H22FNO3/c1-4-15(19)18(11-12(2)16(20)21-3)10-9-13-5-7-14(17)8-6-13/h5-8,12H,4,9-11H2,1-3H3. The molecule has 1 unspecified atom stereocenters. The molecule has 0 aliphatic carbocycles. The fourth-order valence-corrected chi connectivity index (χ4v) is 2.06. The Kier molecular flexibility index (Phi) is 6.85. The summed E-state index contributed by atoms with van der Waals surface area (Å²) >= 11 is 0. The molecule has 0 fully saturated rings. The zero-order valence-corrected chi connectivity index (χ0v) is 12.8. The molecule has 0 saturated carbocycles. The number of amides is 1. The summed E-state index contributed by atoms with van der Waals surface area (Å²) in [7, 11) is 1.34. The largest absolute Gasteiger partial charge is 0.469 e. The lowest BCUT2D eigenvalue weighted by Gasteiger charge is -2.24. The van der Waals surface area contributed by atoms with E-state index in [9.17, 15) is 14.0 Å². The number of benzene rings is 1. The molecule has 0 aliphatic heterocycles. The summed E-state index contributed by atoms with van der Waals surface area (Å²) in [6.45, 7) is 4.36. The lowest BCUT2D eigenvalue weighted by Crippen LogP contribution is -2.38. The van der Waals surface area contributed by atoms with Crippen molar-refractivity contribution >= 4 is 11.9 Å². The average Bonchev–Trinajstić information content (AvgIpc) is 2.51. The summed E-state index contributed by atoms with van der Waals surface area (Å²) in [6, 6.07) is 6.21. The van der Waals surface area contributed by atoms with Crippen molar-refractivity contribution in [3.05, 3.63) is 35.6 Å². The van der Waals surface area contributed by atoms with Gasteiger partial charge in [-0.2, -0.15) is 0 Å². The van der Waals surface area contributed by atoms with E-state index in [-0.39, 0.29) is 23.6 Å². The Morgan fingerprint density at radius 1 is 1.29 bits per heavy atom. The van der Waals surface area contributed by atoms with E-state index in [1.807, 2.05) is 0 Å². The molecule has 21 heavy (non-hydrogen) atoms. The van der Waals surface area contributed by atoms with Gasteiger partial charge in [0.2, 0.25) is 5.91 Å². The Bertz CT molecular complexity index is 473. The minimum absolute atomic E-state index is 0.00661. The number of ether oxygens (including phenoxy) is 1. The molecular weight excluding hydrogens is 273 g/mol. The van der Waals surface area contributed by atoms with E-state index in [4.69, 9.17) is 0 Å². The van der Waals surface area contributed by atoms with Gasteiger partial charge < -0.3 is 9.64 Å². The molecule has 1 amide bonds. The highest BCUT2D eigenvalue weighted by Gasteiger charge is 2.20. The van der Waals surface area contributed by atoms with Crippen LogP contribution in [0.5, 0.6) is 0 Å². The van der Waals surface area contributed by atoms with Crippen molar-refractivity contribution < 1.29 is 18.7 Å². The number of carbonyl (C=O) groups is 2. The van der Waals surface area contributed by atoms with E-state index < -0.39 is 0 Å². The van der Waals surface area contributed by atoms with Crippen LogP contribution in [0.3, 0.4) is 0 Å². The predicted molar refractivity (Wildman–Crippen MR) is 78.2 cm³/mol. The molecule has 0 aromatic heterocycles. The van der Waals surface area contributed by atoms with E-state index in [0.29, 0.717) is 25.9 Å². The number of hydrogen-bond donors (Lipinski definition) is 0. The first kappa shape index (κ1) is 17.1. The first-order valence-corrected chi connectivity index (χ1v) is 7.08. The lowest BCUT2D eigenvalue weighted by atomic mass is 10.1. The second-order valence-corrected chi connectivity index (χ2v) is 4.99. The summed E-state index contributed by atoms with van der Waals surface area (Å²) < 4.78 is 17.5. The molecule has 1 atom stereocenters. The average molecular weight is 295 g/mol. The van der Waals surface area contributed by atoms with Crippen LogP contribution in [-0.4, -0.2) is 37.0 Å². The maximum atomic E-state index is 12.9. The number of nitrogens with zero attached hydrogens (tertiary/aromatic N) is 1. The number of methoxy groups -OCH3 is 1. The molecule has 5 heteroatoms. The van der Waals surface area contributed by atoms with Gasteiger partial charge in [0, 0.05) is 19.5 Å². The van der Waals surface area contributed by atoms with Crippen molar-refractivity contribution in [3.8, 4) is 0 Å². The molecule has 0 radical (unpaired) electrons.